The highest BCUT2D eigenvalue weighted by atomic mass is 16.5. The van der Waals surface area contributed by atoms with Crippen LogP contribution in [0.1, 0.15) is 21.7 Å². The molecule has 0 atom stereocenters. The van der Waals surface area contributed by atoms with Gasteiger partial charge in [-0.3, -0.25) is 5.10 Å². The molecule has 2 N–H and O–H groups in total. The fourth-order valence-electron chi connectivity index (χ4n) is 1.85. The van der Waals surface area contributed by atoms with Gasteiger partial charge in [-0.25, -0.2) is 19.7 Å². The molecule has 0 amide bonds. The molecule has 8 heteroatoms. The number of ether oxygens (including phenoxy) is 1. The second-order valence-corrected chi connectivity index (χ2v) is 3.75. The Labute approximate surface area is 102 Å². The van der Waals surface area contributed by atoms with Crippen molar-refractivity contribution in [2.24, 2.45) is 0 Å². The minimum atomic E-state index is -0.474. The molecular formula is C10H10N6O2. The van der Waals surface area contributed by atoms with E-state index in [0.29, 0.717) is 24.7 Å². The first-order valence-corrected chi connectivity index (χ1v) is 5.34. The van der Waals surface area contributed by atoms with Gasteiger partial charge in [-0.2, -0.15) is 5.10 Å². The normalized spacial score (nSPS) is 13.4. The van der Waals surface area contributed by atoms with Crippen LogP contribution in [-0.4, -0.2) is 38.2 Å². The molecule has 3 rings (SSSR count). The van der Waals surface area contributed by atoms with Gasteiger partial charge in [0.05, 0.1) is 12.8 Å². The summed E-state index contributed by atoms with van der Waals surface area (Å²) in [5.41, 5.74) is 1.85. The van der Waals surface area contributed by atoms with Crippen LogP contribution in [0.4, 0.5) is 0 Å². The summed E-state index contributed by atoms with van der Waals surface area (Å²) in [7, 11) is 1.33. The van der Waals surface area contributed by atoms with Gasteiger partial charge in [-0.15, -0.1) is 0 Å². The van der Waals surface area contributed by atoms with Crippen molar-refractivity contribution in [3.8, 4) is 11.6 Å². The van der Waals surface area contributed by atoms with Gasteiger partial charge < -0.3 is 10.1 Å². The van der Waals surface area contributed by atoms with Crippen LogP contribution in [0.2, 0.25) is 0 Å². The number of esters is 1. The highest BCUT2D eigenvalue weighted by Crippen LogP contribution is 2.20. The number of rotatable bonds is 2. The summed E-state index contributed by atoms with van der Waals surface area (Å²) in [6, 6.07) is 0. The average Bonchev–Trinajstić information content (AvgIpc) is 3.06. The minimum absolute atomic E-state index is 0.277. The number of nitrogens with one attached hydrogen (secondary N) is 2. The zero-order valence-electron chi connectivity index (χ0n) is 9.60. The maximum absolute atomic E-state index is 11.7. The molecule has 2 aromatic heterocycles. The lowest BCUT2D eigenvalue weighted by Gasteiger charge is -2.06. The van der Waals surface area contributed by atoms with Gasteiger partial charge in [-0.1, -0.05) is 0 Å². The van der Waals surface area contributed by atoms with Gasteiger partial charge in [0.15, 0.2) is 17.3 Å². The van der Waals surface area contributed by atoms with E-state index in [0.717, 1.165) is 11.3 Å². The van der Waals surface area contributed by atoms with Gasteiger partial charge in [-0.05, 0) is 0 Å². The van der Waals surface area contributed by atoms with Gasteiger partial charge in [0.25, 0.3) is 0 Å². The van der Waals surface area contributed by atoms with E-state index >= 15 is 0 Å². The number of fused-ring (bicyclic) bond motifs is 1. The summed E-state index contributed by atoms with van der Waals surface area (Å²) in [4.78, 5) is 24.2. The maximum Gasteiger partial charge on any atom is 0.357 e. The third-order valence-corrected chi connectivity index (χ3v) is 2.69. The average molecular weight is 246 g/mol. The van der Waals surface area contributed by atoms with Crippen LogP contribution < -0.4 is 5.32 Å². The van der Waals surface area contributed by atoms with E-state index in [4.69, 9.17) is 4.74 Å². The smallest absolute Gasteiger partial charge is 0.357 e. The Hall–Kier alpha value is -2.35. The van der Waals surface area contributed by atoms with Crippen LogP contribution in [0.3, 0.4) is 0 Å². The molecule has 1 aliphatic heterocycles. The SMILES string of the molecule is COC(=O)c1nc(-c2ncn[nH]2)nc2c1CNC2. The number of aromatic nitrogens is 5. The number of hydrogen-bond donors (Lipinski definition) is 2. The van der Waals surface area contributed by atoms with Crippen molar-refractivity contribution in [1.82, 2.24) is 30.5 Å². The second kappa shape index (κ2) is 4.15. The summed E-state index contributed by atoms with van der Waals surface area (Å²) in [6.45, 7) is 1.17. The van der Waals surface area contributed by atoms with Crippen LogP contribution in [0.25, 0.3) is 11.6 Å². The molecule has 0 fully saturated rings. The van der Waals surface area contributed by atoms with Crippen molar-refractivity contribution < 1.29 is 9.53 Å². The molecule has 8 nitrogen and oxygen atoms in total. The summed E-state index contributed by atoms with van der Waals surface area (Å²) in [5.74, 6) is 0.295. The van der Waals surface area contributed by atoms with E-state index in [1.54, 1.807) is 0 Å². The molecule has 18 heavy (non-hydrogen) atoms. The van der Waals surface area contributed by atoms with Crippen molar-refractivity contribution >= 4 is 5.97 Å². The van der Waals surface area contributed by atoms with Crippen molar-refractivity contribution in [3.05, 3.63) is 23.3 Å². The fraction of sp³-hybridized carbons (Fsp3) is 0.300. The molecule has 0 spiro atoms. The highest BCUT2D eigenvalue weighted by molar-refractivity contribution is 5.89. The monoisotopic (exact) mass is 246 g/mol. The Morgan fingerprint density at radius 3 is 3.00 bits per heavy atom. The summed E-state index contributed by atoms with van der Waals surface area (Å²) >= 11 is 0. The summed E-state index contributed by atoms with van der Waals surface area (Å²) in [6.07, 6.45) is 1.36. The standard InChI is InChI=1S/C10H10N6O2/c1-18-10(17)7-5-2-11-3-6(5)14-9(15-7)8-12-4-13-16-8/h4,11H,2-3H2,1H3,(H,12,13,16). The Morgan fingerprint density at radius 2 is 2.28 bits per heavy atom. The topological polar surface area (TPSA) is 106 Å². The van der Waals surface area contributed by atoms with Crippen molar-refractivity contribution in [2.45, 2.75) is 13.1 Å². The Balaban J connectivity index is 2.16. The molecule has 0 aliphatic carbocycles. The molecule has 3 heterocycles. The molecule has 0 unspecified atom stereocenters. The van der Waals surface area contributed by atoms with Crippen molar-refractivity contribution in [1.29, 1.82) is 0 Å². The van der Waals surface area contributed by atoms with Gasteiger partial charge in [0.1, 0.15) is 6.33 Å². The van der Waals surface area contributed by atoms with Gasteiger partial charge in [0.2, 0.25) is 0 Å². The second-order valence-electron chi connectivity index (χ2n) is 3.75. The van der Waals surface area contributed by atoms with Crippen LogP contribution in [-0.2, 0) is 17.8 Å². The Morgan fingerprint density at radius 1 is 1.39 bits per heavy atom. The molecule has 0 aromatic carbocycles. The number of nitrogens with zero attached hydrogens (tertiary/aromatic N) is 4. The first-order chi connectivity index (χ1) is 8.79. The molecule has 0 radical (unpaired) electrons. The summed E-state index contributed by atoms with van der Waals surface area (Å²) in [5, 5.41) is 9.53. The van der Waals surface area contributed by atoms with E-state index in [2.05, 4.69) is 30.5 Å². The van der Waals surface area contributed by atoms with E-state index in [-0.39, 0.29) is 5.69 Å². The van der Waals surface area contributed by atoms with E-state index in [1.165, 1.54) is 13.4 Å². The van der Waals surface area contributed by atoms with Crippen LogP contribution in [0, 0.1) is 0 Å². The predicted molar refractivity (Wildman–Crippen MR) is 59.3 cm³/mol. The van der Waals surface area contributed by atoms with Crippen LogP contribution in [0.5, 0.6) is 0 Å². The number of carbonyl (C=O) groups excluding carboxylic acids is 1. The lowest BCUT2D eigenvalue weighted by molar-refractivity contribution is 0.0592. The lowest BCUT2D eigenvalue weighted by atomic mass is 10.2. The lowest BCUT2D eigenvalue weighted by Crippen LogP contribution is -2.12. The third-order valence-electron chi connectivity index (χ3n) is 2.69. The van der Waals surface area contributed by atoms with Crippen molar-refractivity contribution in [2.75, 3.05) is 7.11 Å². The number of hydrogen-bond acceptors (Lipinski definition) is 7. The fourth-order valence-corrected chi connectivity index (χ4v) is 1.85. The first kappa shape index (κ1) is 10.8. The molecule has 92 valence electrons. The molecule has 2 aromatic rings. The van der Waals surface area contributed by atoms with E-state index < -0.39 is 5.97 Å². The Bertz CT molecular complexity index is 595. The largest absolute Gasteiger partial charge is 0.464 e. The first-order valence-electron chi connectivity index (χ1n) is 5.34. The number of carbonyl (C=O) groups is 1. The van der Waals surface area contributed by atoms with E-state index in [9.17, 15) is 4.79 Å². The number of methoxy groups -OCH3 is 1. The number of H-pyrrole nitrogens is 1. The van der Waals surface area contributed by atoms with E-state index in [1.807, 2.05) is 0 Å². The Kier molecular flexibility index (Phi) is 2.49. The quantitative estimate of drug-likeness (QED) is 0.697. The molecule has 0 saturated heterocycles. The summed E-state index contributed by atoms with van der Waals surface area (Å²) < 4.78 is 4.73. The zero-order valence-corrected chi connectivity index (χ0v) is 9.60. The third kappa shape index (κ3) is 1.63. The zero-order chi connectivity index (χ0) is 12.5. The van der Waals surface area contributed by atoms with Crippen molar-refractivity contribution in [3.63, 3.8) is 0 Å². The van der Waals surface area contributed by atoms with Gasteiger partial charge in [0, 0.05) is 18.7 Å². The molecule has 1 aliphatic rings. The minimum Gasteiger partial charge on any atom is -0.464 e. The molecular weight excluding hydrogens is 236 g/mol. The van der Waals surface area contributed by atoms with Crippen LogP contribution >= 0.6 is 0 Å². The predicted octanol–water partition coefficient (Wildman–Crippen LogP) is -0.349. The molecule has 0 bridgehead atoms. The van der Waals surface area contributed by atoms with Gasteiger partial charge >= 0.3 is 5.97 Å². The molecule has 0 saturated carbocycles. The maximum atomic E-state index is 11.7. The highest BCUT2D eigenvalue weighted by Gasteiger charge is 2.24. The number of aromatic amines is 1. The van der Waals surface area contributed by atoms with Crippen LogP contribution in [0.15, 0.2) is 6.33 Å².